The van der Waals surface area contributed by atoms with E-state index in [4.69, 9.17) is 4.74 Å². The van der Waals surface area contributed by atoms with Gasteiger partial charge in [-0.1, -0.05) is 30.3 Å². The lowest BCUT2D eigenvalue weighted by atomic mass is 9.85. The number of hydrogen-bond acceptors (Lipinski definition) is 3. The molecule has 1 aromatic carbocycles. The third kappa shape index (κ3) is 2.40. The van der Waals surface area contributed by atoms with Crippen molar-refractivity contribution >= 4 is 5.78 Å². The van der Waals surface area contributed by atoms with Crippen molar-refractivity contribution in [3.8, 4) is 0 Å². The second kappa shape index (κ2) is 4.98. The number of piperidine rings is 1. The number of benzene rings is 1. The van der Waals surface area contributed by atoms with Crippen molar-refractivity contribution in [2.45, 2.75) is 18.4 Å². The van der Waals surface area contributed by atoms with Crippen molar-refractivity contribution < 1.29 is 9.53 Å². The minimum absolute atomic E-state index is 0.104. The Morgan fingerprint density at radius 2 is 2.06 bits per heavy atom. The zero-order valence-electron chi connectivity index (χ0n) is 10.5. The highest BCUT2D eigenvalue weighted by Gasteiger charge is 2.41. The predicted molar refractivity (Wildman–Crippen MR) is 67.2 cm³/mol. The van der Waals surface area contributed by atoms with Crippen molar-refractivity contribution in [1.82, 2.24) is 4.90 Å². The number of hydrogen-bond donors (Lipinski definition) is 0. The Hall–Kier alpha value is -1.19. The second-order valence-electron chi connectivity index (χ2n) is 4.73. The molecule has 0 bridgehead atoms. The first kappa shape index (κ1) is 12.3. The summed E-state index contributed by atoms with van der Waals surface area (Å²) in [5.74, 6) is 0.104. The lowest BCUT2D eigenvalue weighted by Crippen LogP contribution is -2.53. The van der Waals surface area contributed by atoms with Gasteiger partial charge >= 0.3 is 0 Å². The molecule has 1 heterocycles. The van der Waals surface area contributed by atoms with Crippen LogP contribution in [0.5, 0.6) is 0 Å². The van der Waals surface area contributed by atoms with Crippen molar-refractivity contribution in [3.63, 3.8) is 0 Å². The van der Waals surface area contributed by atoms with Crippen LogP contribution in [0.1, 0.15) is 23.2 Å². The Kier molecular flexibility index (Phi) is 3.60. The lowest BCUT2D eigenvalue weighted by Gasteiger charge is -2.39. The van der Waals surface area contributed by atoms with Crippen LogP contribution < -0.4 is 0 Å². The van der Waals surface area contributed by atoms with E-state index in [0.29, 0.717) is 6.54 Å². The zero-order chi connectivity index (χ0) is 12.3. The molecule has 0 spiro atoms. The molecule has 0 saturated carbocycles. The van der Waals surface area contributed by atoms with Gasteiger partial charge in [-0.05, 0) is 26.4 Å². The Bertz CT molecular complexity index is 390. The van der Waals surface area contributed by atoms with E-state index >= 15 is 0 Å². The third-order valence-electron chi connectivity index (χ3n) is 3.49. The van der Waals surface area contributed by atoms with Gasteiger partial charge in [-0.3, -0.25) is 4.79 Å². The highest BCUT2D eigenvalue weighted by molar-refractivity contribution is 6.02. The van der Waals surface area contributed by atoms with Crippen LogP contribution in [0, 0.1) is 0 Å². The van der Waals surface area contributed by atoms with Gasteiger partial charge in [0.25, 0.3) is 0 Å². The van der Waals surface area contributed by atoms with Crippen LogP contribution >= 0.6 is 0 Å². The molecule has 0 radical (unpaired) electrons. The van der Waals surface area contributed by atoms with E-state index in [1.165, 1.54) is 0 Å². The molecule has 2 rings (SSSR count). The summed E-state index contributed by atoms with van der Waals surface area (Å²) in [6.07, 6.45) is 1.81. The molecule has 1 atom stereocenters. The second-order valence-corrected chi connectivity index (χ2v) is 4.73. The van der Waals surface area contributed by atoms with E-state index in [0.717, 1.165) is 24.9 Å². The molecule has 17 heavy (non-hydrogen) atoms. The van der Waals surface area contributed by atoms with Gasteiger partial charge < -0.3 is 9.64 Å². The van der Waals surface area contributed by atoms with E-state index in [1.807, 2.05) is 37.4 Å². The molecule has 92 valence electrons. The maximum absolute atomic E-state index is 12.5. The van der Waals surface area contributed by atoms with Crippen LogP contribution in [-0.4, -0.2) is 43.5 Å². The number of likely N-dealkylation sites (N-methyl/N-ethyl adjacent to an activating group) is 1. The Balaban J connectivity index is 2.26. The van der Waals surface area contributed by atoms with E-state index in [-0.39, 0.29) is 5.78 Å². The highest BCUT2D eigenvalue weighted by atomic mass is 16.5. The molecule has 1 saturated heterocycles. The van der Waals surface area contributed by atoms with Crippen LogP contribution in [0.15, 0.2) is 30.3 Å². The van der Waals surface area contributed by atoms with Crippen molar-refractivity contribution in [2.24, 2.45) is 0 Å². The Labute approximate surface area is 102 Å². The number of rotatable bonds is 3. The number of ketones is 1. The fourth-order valence-corrected chi connectivity index (χ4v) is 2.53. The normalized spacial score (nSPS) is 25.8. The standard InChI is InChI=1S/C14H19NO2/c1-15-10-6-9-14(11-15,17-2)13(16)12-7-4-3-5-8-12/h3-5,7-8H,6,9-11H2,1-2H3. The van der Waals surface area contributed by atoms with Crippen LogP contribution in [0.25, 0.3) is 0 Å². The van der Waals surface area contributed by atoms with Crippen LogP contribution in [-0.2, 0) is 4.74 Å². The van der Waals surface area contributed by atoms with Crippen LogP contribution in [0.3, 0.4) is 0 Å². The molecule has 1 fully saturated rings. The largest absolute Gasteiger partial charge is 0.369 e. The number of Topliss-reactive ketones (excluding diaryl/α,β-unsaturated/α-hetero) is 1. The van der Waals surface area contributed by atoms with Crippen molar-refractivity contribution in [1.29, 1.82) is 0 Å². The average Bonchev–Trinajstić information content (AvgIpc) is 2.38. The first-order chi connectivity index (χ1) is 8.18. The van der Waals surface area contributed by atoms with Crippen molar-refractivity contribution in [3.05, 3.63) is 35.9 Å². The van der Waals surface area contributed by atoms with Gasteiger partial charge in [0.2, 0.25) is 0 Å². The SMILES string of the molecule is COC1(C(=O)c2ccccc2)CCCN(C)C1. The van der Waals surface area contributed by atoms with E-state index < -0.39 is 5.60 Å². The summed E-state index contributed by atoms with van der Waals surface area (Å²) in [6.45, 7) is 1.71. The molecule has 3 nitrogen and oxygen atoms in total. The van der Waals surface area contributed by atoms with Gasteiger partial charge in [-0.25, -0.2) is 0 Å². The molecule has 1 aromatic rings. The number of likely N-dealkylation sites (tertiary alicyclic amines) is 1. The summed E-state index contributed by atoms with van der Waals surface area (Å²) in [4.78, 5) is 14.7. The average molecular weight is 233 g/mol. The molecule has 0 N–H and O–H groups in total. The lowest BCUT2D eigenvalue weighted by molar-refractivity contribution is -0.0364. The summed E-state index contributed by atoms with van der Waals surface area (Å²) in [5, 5.41) is 0. The van der Waals surface area contributed by atoms with Crippen LogP contribution in [0.4, 0.5) is 0 Å². The van der Waals surface area contributed by atoms with Gasteiger partial charge in [0.15, 0.2) is 5.78 Å². The van der Waals surface area contributed by atoms with E-state index in [1.54, 1.807) is 7.11 Å². The minimum Gasteiger partial charge on any atom is -0.369 e. The third-order valence-corrected chi connectivity index (χ3v) is 3.49. The van der Waals surface area contributed by atoms with Gasteiger partial charge in [0.05, 0.1) is 0 Å². The molecule has 1 aliphatic heterocycles. The molecule has 1 aliphatic rings. The summed E-state index contributed by atoms with van der Waals surface area (Å²) in [6, 6.07) is 9.42. The number of nitrogens with zero attached hydrogens (tertiary/aromatic N) is 1. The molecule has 0 aliphatic carbocycles. The zero-order valence-corrected chi connectivity index (χ0v) is 10.5. The molecular formula is C14H19NO2. The fraction of sp³-hybridized carbons (Fsp3) is 0.500. The molecule has 0 amide bonds. The monoisotopic (exact) mass is 233 g/mol. The van der Waals surface area contributed by atoms with Gasteiger partial charge in [-0.2, -0.15) is 0 Å². The quantitative estimate of drug-likeness (QED) is 0.748. The topological polar surface area (TPSA) is 29.5 Å². The Morgan fingerprint density at radius 3 is 2.65 bits per heavy atom. The molecule has 1 unspecified atom stereocenters. The van der Waals surface area contributed by atoms with E-state index in [2.05, 4.69) is 4.90 Å². The number of methoxy groups -OCH3 is 1. The molecular weight excluding hydrogens is 214 g/mol. The van der Waals surface area contributed by atoms with Gasteiger partial charge in [0.1, 0.15) is 5.60 Å². The smallest absolute Gasteiger partial charge is 0.195 e. The Morgan fingerprint density at radius 1 is 1.35 bits per heavy atom. The van der Waals surface area contributed by atoms with Crippen LogP contribution in [0.2, 0.25) is 0 Å². The predicted octanol–water partition coefficient (Wildman–Crippen LogP) is 1.98. The number of carbonyl (C=O) groups is 1. The van der Waals surface area contributed by atoms with Gasteiger partial charge in [0, 0.05) is 19.2 Å². The first-order valence-corrected chi connectivity index (χ1v) is 6.01. The summed E-state index contributed by atoms with van der Waals surface area (Å²) >= 11 is 0. The summed E-state index contributed by atoms with van der Waals surface area (Å²) in [7, 11) is 3.67. The maximum atomic E-state index is 12.5. The fourth-order valence-electron chi connectivity index (χ4n) is 2.53. The minimum atomic E-state index is -0.658. The number of ether oxygens (including phenoxy) is 1. The summed E-state index contributed by atoms with van der Waals surface area (Å²) < 4.78 is 5.57. The molecule has 0 aromatic heterocycles. The summed E-state index contributed by atoms with van der Waals surface area (Å²) in [5.41, 5.74) is 0.0820. The molecule has 3 heteroatoms. The van der Waals surface area contributed by atoms with Crippen molar-refractivity contribution in [2.75, 3.05) is 27.2 Å². The highest BCUT2D eigenvalue weighted by Crippen LogP contribution is 2.27. The van der Waals surface area contributed by atoms with Gasteiger partial charge in [-0.15, -0.1) is 0 Å². The first-order valence-electron chi connectivity index (χ1n) is 6.01. The number of carbonyl (C=O) groups excluding carboxylic acids is 1. The maximum Gasteiger partial charge on any atom is 0.195 e. The van der Waals surface area contributed by atoms with E-state index in [9.17, 15) is 4.79 Å².